The lowest BCUT2D eigenvalue weighted by Crippen LogP contribution is -2.34. The van der Waals surface area contributed by atoms with Gasteiger partial charge in [0.15, 0.2) is 16.6 Å². The smallest absolute Gasteiger partial charge is 0.173 e. The summed E-state index contributed by atoms with van der Waals surface area (Å²) in [7, 11) is 1.66. The van der Waals surface area contributed by atoms with Crippen LogP contribution in [0.2, 0.25) is 0 Å². The van der Waals surface area contributed by atoms with Crippen molar-refractivity contribution in [1.29, 1.82) is 0 Å². The van der Waals surface area contributed by atoms with Gasteiger partial charge in [-0.05, 0) is 67.0 Å². The maximum atomic E-state index is 5.86. The van der Waals surface area contributed by atoms with Gasteiger partial charge in [0.25, 0.3) is 0 Å². The molecular weight excluding hydrogens is 360 g/mol. The summed E-state index contributed by atoms with van der Waals surface area (Å²) in [6.45, 7) is 2.35. The number of hydrogen-bond donors (Lipinski definition) is 1. The first kappa shape index (κ1) is 17.9. The van der Waals surface area contributed by atoms with E-state index in [4.69, 9.17) is 26.4 Å². The van der Waals surface area contributed by atoms with Crippen LogP contribution < -0.4 is 19.5 Å². The molecule has 142 valence electrons. The largest absolute Gasteiger partial charge is 0.497 e. The van der Waals surface area contributed by atoms with Gasteiger partial charge < -0.3 is 24.4 Å². The van der Waals surface area contributed by atoms with Crippen LogP contribution in [0.3, 0.4) is 0 Å². The maximum absolute atomic E-state index is 5.86. The SMILES string of the molecule is COc1ccc(NC(=S)N2CCC[C@H]2c2ccc3c(c2)OCCCO3)cc1. The van der Waals surface area contributed by atoms with Crippen LogP contribution in [0.5, 0.6) is 17.2 Å². The van der Waals surface area contributed by atoms with Gasteiger partial charge in [0.05, 0.1) is 26.4 Å². The fourth-order valence-corrected chi connectivity index (χ4v) is 3.95. The van der Waals surface area contributed by atoms with Crippen molar-refractivity contribution in [1.82, 2.24) is 4.90 Å². The quantitative estimate of drug-likeness (QED) is 0.792. The summed E-state index contributed by atoms with van der Waals surface area (Å²) in [5.74, 6) is 2.50. The van der Waals surface area contributed by atoms with Gasteiger partial charge in [-0.1, -0.05) is 6.07 Å². The van der Waals surface area contributed by atoms with Crippen molar-refractivity contribution >= 4 is 23.0 Å². The Morgan fingerprint density at radius 2 is 1.85 bits per heavy atom. The monoisotopic (exact) mass is 384 g/mol. The van der Waals surface area contributed by atoms with E-state index in [1.807, 2.05) is 30.3 Å². The second-order valence-corrected chi connectivity index (χ2v) is 7.15. The Labute approximate surface area is 165 Å². The Bertz CT molecular complexity index is 810. The first-order valence-corrected chi connectivity index (χ1v) is 9.76. The molecule has 2 aliphatic rings. The molecule has 1 fully saturated rings. The van der Waals surface area contributed by atoms with E-state index >= 15 is 0 Å². The molecule has 0 unspecified atom stereocenters. The van der Waals surface area contributed by atoms with Crippen molar-refractivity contribution in [3.05, 3.63) is 48.0 Å². The Hall–Kier alpha value is -2.47. The van der Waals surface area contributed by atoms with Crippen LogP contribution in [0.1, 0.15) is 30.9 Å². The van der Waals surface area contributed by atoms with E-state index < -0.39 is 0 Å². The molecule has 6 heteroatoms. The highest BCUT2D eigenvalue weighted by Crippen LogP contribution is 2.38. The number of nitrogens with one attached hydrogen (secondary N) is 1. The Balaban J connectivity index is 1.49. The highest BCUT2D eigenvalue weighted by Gasteiger charge is 2.29. The van der Waals surface area contributed by atoms with E-state index in [0.29, 0.717) is 13.2 Å². The van der Waals surface area contributed by atoms with Gasteiger partial charge in [-0.3, -0.25) is 0 Å². The van der Waals surface area contributed by atoms with E-state index in [0.717, 1.165) is 53.9 Å². The summed E-state index contributed by atoms with van der Waals surface area (Å²) >= 11 is 5.70. The van der Waals surface area contributed by atoms with Gasteiger partial charge in [0, 0.05) is 18.7 Å². The molecule has 27 heavy (non-hydrogen) atoms. The lowest BCUT2D eigenvalue weighted by Gasteiger charge is -2.28. The summed E-state index contributed by atoms with van der Waals surface area (Å²) in [5, 5.41) is 4.10. The molecule has 2 aliphatic heterocycles. The standard InChI is InChI=1S/C21H24N2O3S/c1-24-17-8-6-16(7-9-17)22-21(27)23-11-2-4-18(23)15-5-10-19-20(14-15)26-13-3-12-25-19/h5-10,14,18H,2-4,11-13H2,1H3,(H,22,27)/t18-/m0/s1. The first-order valence-electron chi connectivity index (χ1n) is 9.36. The minimum atomic E-state index is 0.250. The minimum absolute atomic E-state index is 0.250. The predicted molar refractivity (Wildman–Crippen MR) is 110 cm³/mol. The van der Waals surface area contributed by atoms with E-state index in [9.17, 15) is 0 Å². The molecule has 1 N–H and O–H groups in total. The maximum Gasteiger partial charge on any atom is 0.173 e. The average Bonchev–Trinajstić information content (AvgIpc) is 3.07. The number of hydrogen-bond acceptors (Lipinski definition) is 4. The zero-order valence-electron chi connectivity index (χ0n) is 15.4. The zero-order valence-corrected chi connectivity index (χ0v) is 16.3. The minimum Gasteiger partial charge on any atom is -0.497 e. The predicted octanol–water partition coefficient (Wildman–Crippen LogP) is 4.39. The number of benzene rings is 2. The number of anilines is 1. The second-order valence-electron chi connectivity index (χ2n) is 6.77. The van der Waals surface area contributed by atoms with Gasteiger partial charge in [0.1, 0.15) is 5.75 Å². The zero-order chi connectivity index (χ0) is 18.6. The molecule has 1 atom stereocenters. The van der Waals surface area contributed by atoms with Crippen molar-refractivity contribution in [3.63, 3.8) is 0 Å². The third-order valence-corrected chi connectivity index (χ3v) is 5.35. The summed E-state index contributed by atoms with van der Waals surface area (Å²) < 4.78 is 16.8. The highest BCUT2D eigenvalue weighted by molar-refractivity contribution is 7.80. The molecule has 0 bridgehead atoms. The van der Waals surface area contributed by atoms with Gasteiger partial charge in [-0.25, -0.2) is 0 Å². The van der Waals surface area contributed by atoms with Crippen molar-refractivity contribution in [2.75, 3.05) is 32.2 Å². The third kappa shape index (κ3) is 3.95. The molecule has 2 heterocycles. The third-order valence-electron chi connectivity index (χ3n) is 5.01. The molecular formula is C21H24N2O3S. The van der Waals surface area contributed by atoms with Crippen LogP contribution in [-0.2, 0) is 0 Å². The Kier molecular flexibility index (Phi) is 5.34. The molecule has 0 saturated carbocycles. The summed E-state index contributed by atoms with van der Waals surface area (Å²) in [4.78, 5) is 2.26. The van der Waals surface area contributed by atoms with E-state index in [2.05, 4.69) is 22.3 Å². The van der Waals surface area contributed by atoms with Crippen LogP contribution in [0, 0.1) is 0 Å². The van der Waals surface area contributed by atoms with E-state index in [-0.39, 0.29) is 6.04 Å². The fraction of sp³-hybridized carbons (Fsp3) is 0.381. The Morgan fingerprint density at radius 1 is 1.07 bits per heavy atom. The lowest BCUT2D eigenvalue weighted by molar-refractivity contribution is 0.296. The number of nitrogens with zero attached hydrogens (tertiary/aromatic N) is 1. The molecule has 2 aromatic carbocycles. The molecule has 0 radical (unpaired) electrons. The first-order chi connectivity index (χ1) is 13.2. The number of ether oxygens (including phenoxy) is 3. The highest BCUT2D eigenvalue weighted by atomic mass is 32.1. The molecule has 0 aliphatic carbocycles. The van der Waals surface area contributed by atoms with Gasteiger partial charge >= 0.3 is 0 Å². The summed E-state index contributed by atoms with van der Waals surface area (Å²) in [5.41, 5.74) is 2.18. The van der Waals surface area contributed by atoms with Crippen LogP contribution in [-0.4, -0.2) is 36.9 Å². The fourth-order valence-electron chi connectivity index (χ4n) is 3.61. The van der Waals surface area contributed by atoms with Crippen LogP contribution >= 0.6 is 12.2 Å². The number of fused-ring (bicyclic) bond motifs is 1. The van der Waals surface area contributed by atoms with Gasteiger partial charge in [-0.15, -0.1) is 0 Å². The summed E-state index contributed by atoms with van der Waals surface area (Å²) in [6, 6.07) is 14.3. The molecule has 0 amide bonds. The lowest BCUT2D eigenvalue weighted by atomic mass is 10.0. The van der Waals surface area contributed by atoms with Crippen molar-refractivity contribution in [2.45, 2.75) is 25.3 Å². The number of thiocarbonyl (C=S) groups is 1. The summed E-state index contributed by atoms with van der Waals surface area (Å²) in [6.07, 6.45) is 3.10. The van der Waals surface area contributed by atoms with E-state index in [1.54, 1.807) is 7.11 Å². The Morgan fingerprint density at radius 3 is 2.63 bits per heavy atom. The molecule has 5 nitrogen and oxygen atoms in total. The molecule has 1 saturated heterocycles. The van der Waals surface area contributed by atoms with Gasteiger partial charge in [-0.2, -0.15) is 0 Å². The van der Waals surface area contributed by atoms with Crippen molar-refractivity contribution in [2.24, 2.45) is 0 Å². The number of likely N-dealkylation sites (tertiary alicyclic amines) is 1. The molecule has 0 aromatic heterocycles. The normalized spacial score (nSPS) is 18.7. The van der Waals surface area contributed by atoms with Crippen LogP contribution in [0.25, 0.3) is 0 Å². The molecule has 2 aromatic rings. The van der Waals surface area contributed by atoms with Crippen LogP contribution in [0.15, 0.2) is 42.5 Å². The number of rotatable bonds is 3. The van der Waals surface area contributed by atoms with Crippen LogP contribution in [0.4, 0.5) is 5.69 Å². The molecule has 0 spiro atoms. The van der Waals surface area contributed by atoms with Crippen molar-refractivity contribution in [3.8, 4) is 17.2 Å². The van der Waals surface area contributed by atoms with E-state index in [1.165, 1.54) is 5.56 Å². The second kappa shape index (κ2) is 8.05. The number of methoxy groups -OCH3 is 1. The van der Waals surface area contributed by atoms with Crippen molar-refractivity contribution < 1.29 is 14.2 Å². The topological polar surface area (TPSA) is 43.0 Å². The molecule has 4 rings (SSSR count). The average molecular weight is 385 g/mol. The van der Waals surface area contributed by atoms with Gasteiger partial charge in [0.2, 0.25) is 0 Å².